The van der Waals surface area contributed by atoms with Gasteiger partial charge < -0.3 is 14.0 Å². The van der Waals surface area contributed by atoms with Gasteiger partial charge in [0.1, 0.15) is 17.5 Å². The molecular weight excluding hydrogens is 488 g/mol. The maximum atomic E-state index is 15.6. The standard InChI is InChI=1S/C27H22F4N4O2/c28-19-14-17(16-6-7-16)8-9-18(19)24-25-20(33-22-5-1-2-12-34(22)25)10-13-35(24)23(36)15-37-21-4-3-11-32-26(21)27(29,30)31/h1-5,8-9,11-12,14,16,24H,6-7,10,13,15H2. The van der Waals surface area contributed by atoms with E-state index in [9.17, 15) is 18.0 Å². The molecule has 6 rings (SSSR count). The zero-order valence-corrected chi connectivity index (χ0v) is 19.6. The number of hydrogen-bond acceptors (Lipinski definition) is 4. The number of amides is 1. The van der Waals surface area contributed by atoms with Gasteiger partial charge in [-0.15, -0.1) is 0 Å². The first kappa shape index (κ1) is 23.4. The predicted octanol–water partition coefficient (Wildman–Crippen LogP) is 5.32. The van der Waals surface area contributed by atoms with Gasteiger partial charge >= 0.3 is 6.18 Å². The van der Waals surface area contributed by atoms with Crippen LogP contribution in [0.15, 0.2) is 60.9 Å². The van der Waals surface area contributed by atoms with Crippen LogP contribution >= 0.6 is 0 Å². The molecule has 4 aromatic rings. The minimum absolute atomic E-state index is 0.215. The fourth-order valence-corrected chi connectivity index (χ4v) is 5.00. The molecule has 1 fully saturated rings. The number of nitrogens with zero attached hydrogens (tertiary/aromatic N) is 4. The molecule has 1 aliphatic carbocycles. The van der Waals surface area contributed by atoms with Gasteiger partial charge in [-0.05, 0) is 54.7 Å². The topological polar surface area (TPSA) is 59.7 Å². The van der Waals surface area contributed by atoms with Gasteiger partial charge in [-0.1, -0.05) is 18.2 Å². The predicted molar refractivity (Wildman–Crippen MR) is 126 cm³/mol. The van der Waals surface area contributed by atoms with Gasteiger partial charge in [0.05, 0.1) is 11.4 Å². The Kier molecular flexibility index (Phi) is 5.62. The van der Waals surface area contributed by atoms with Crippen LogP contribution in [0.5, 0.6) is 5.75 Å². The summed E-state index contributed by atoms with van der Waals surface area (Å²) in [5.41, 5.74) is 2.10. The van der Waals surface area contributed by atoms with Crippen molar-refractivity contribution in [1.29, 1.82) is 0 Å². The SMILES string of the molecule is O=C(COc1cccnc1C(F)(F)F)N1CCc2nc3ccccn3c2C1c1ccc(C2CC2)cc1F. The molecule has 1 saturated carbocycles. The van der Waals surface area contributed by atoms with Crippen molar-refractivity contribution < 1.29 is 27.1 Å². The summed E-state index contributed by atoms with van der Waals surface area (Å²) in [5.74, 6) is -1.18. The quantitative estimate of drug-likeness (QED) is 0.341. The molecule has 0 N–H and O–H groups in total. The lowest BCUT2D eigenvalue weighted by molar-refractivity contribution is -0.144. The van der Waals surface area contributed by atoms with Crippen molar-refractivity contribution in [2.45, 2.75) is 37.4 Å². The van der Waals surface area contributed by atoms with E-state index in [-0.39, 0.29) is 6.54 Å². The molecule has 190 valence electrons. The normalized spacial score (nSPS) is 17.6. The minimum atomic E-state index is -4.73. The molecule has 1 amide bonds. The average Bonchev–Trinajstić information content (AvgIpc) is 3.67. The second-order valence-corrected chi connectivity index (χ2v) is 9.30. The minimum Gasteiger partial charge on any atom is -0.481 e. The second kappa shape index (κ2) is 8.86. The Hall–Kier alpha value is -3.95. The van der Waals surface area contributed by atoms with E-state index in [0.29, 0.717) is 29.2 Å². The van der Waals surface area contributed by atoms with E-state index in [1.165, 1.54) is 17.0 Å². The number of aromatic nitrogens is 3. The lowest BCUT2D eigenvalue weighted by Crippen LogP contribution is -2.43. The Morgan fingerprint density at radius 2 is 1.95 bits per heavy atom. The zero-order valence-electron chi connectivity index (χ0n) is 19.6. The molecule has 0 spiro atoms. The molecular formula is C27H22F4N4O2. The summed E-state index contributed by atoms with van der Waals surface area (Å²) in [5, 5.41) is 0. The smallest absolute Gasteiger partial charge is 0.437 e. The van der Waals surface area contributed by atoms with Crippen molar-refractivity contribution in [3.63, 3.8) is 0 Å². The highest BCUT2D eigenvalue weighted by Gasteiger charge is 2.39. The number of fused-ring (bicyclic) bond motifs is 3. The van der Waals surface area contributed by atoms with E-state index in [0.717, 1.165) is 36.4 Å². The summed E-state index contributed by atoms with van der Waals surface area (Å²) >= 11 is 0. The van der Waals surface area contributed by atoms with Crippen molar-refractivity contribution >= 4 is 11.6 Å². The van der Waals surface area contributed by atoms with Crippen LogP contribution in [-0.4, -0.2) is 38.3 Å². The second-order valence-electron chi connectivity index (χ2n) is 9.30. The van der Waals surface area contributed by atoms with Crippen LogP contribution in [0.25, 0.3) is 5.65 Å². The number of pyridine rings is 2. The summed E-state index contributed by atoms with van der Waals surface area (Å²) in [6.07, 6.45) is 0.553. The molecule has 2 aliphatic rings. The van der Waals surface area contributed by atoms with Crippen LogP contribution in [0, 0.1) is 5.82 Å². The van der Waals surface area contributed by atoms with Gasteiger partial charge in [-0.25, -0.2) is 14.4 Å². The first-order chi connectivity index (χ1) is 17.8. The number of halogens is 4. The molecule has 4 heterocycles. The highest BCUT2D eigenvalue weighted by Crippen LogP contribution is 2.43. The van der Waals surface area contributed by atoms with Crippen molar-refractivity contribution in [1.82, 2.24) is 19.3 Å². The Bertz CT molecular complexity index is 1500. The summed E-state index contributed by atoms with van der Waals surface area (Å²) in [6, 6.07) is 12.2. The first-order valence-electron chi connectivity index (χ1n) is 12.0. The number of carbonyl (C=O) groups excluding carboxylic acids is 1. The first-order valence-corrected chi connectivity index (χ1v) is 12.0. The highest BCUT2D eigenvalue weighted by molar-refractivity contribution is 5.79. The molecule has 1 aromatic carbocycles. The van der Waals surface area contributed by atoms with Crippen LogP contribution in [0.4, 0.5) is 17.6 Å². The number of benzene rings is 1. The van der Waals surface area contributed by atoms with Crippen LogP contribution in [0.2, 0.25) is 0 Å². The zero-order chi connectivity index (χ0) is 25.7. The van der Waals surface area contributed by atoms with Gasteiger partial charge in [0, 0.05) is 30.9 Å². The summed E-state index contributed by atoms with van der Waals surface area (Å²) in [4.78, 5) is 22.9. The lowest BCUT2D eigenvalue weighted by atomic mass is 9.93. The maximum absolute atomic E-state index is 15.6. The third kappa shape index (κ3) is 4.30. The Labute approximate surface area is 209 Å². The van der Waals surface area contributed by atoms with Crippen LogP contribution in [-0.2, 0) is 17.4 Å². The number of hydrogen-bond donors (Lipinski definition) is 0. The monoisotopic (exact) mass is 510 g/mol. The summed E-state index contributed by atoms with van der Waals surface area (Å²) in [6.45, 7) is -0.439. The average molecular weight is 510 g/mol. The van der Waals surface area contributed by atoms with E-state index >= 15 is 4.39 Å². The molecule has 0 bridgehead atoms. The number of imidazole rings is 1. The molecule has 10 heteroatoms. The van der Waals surface area contributed by atoms with Gasteiger partial charge in [-0.3, -0.25) is 4.79 Å². The summed E-state index contributed by atoms with van der Waals surface area (Å²) in [7, 11) is 0. The van der Waals surface area contributed by atoms with E-state index in [1.807, 2.05) is 28.7 Å². The van der Waals surface area contributed by atoms with Gasteiger partial charge in [-0.2, -0.15) is 13.2 Å². The molecule has 0 radical (unpaired) electrons. The highest BCUT2D eigenvalue weighted by atomic mass is 19.4. The number of rotatable bonds is 5. The van der Waals surface area contributed by atoms with Crippen LogP contribution in [0.3, 0.4) is 0 Å². The molecule has 6 nitrogen and oxygen atoms in total. The molecule has 1 unspecified atom stereocenters. The lowest BCUT2D eigenvalue weighted by Gasteiger charge is -2.36. The van der Waals surface area contributed by atoms with Crippen molar-refractivity contribution in [2.75, 3.05) is 13.2 Å². The van der Waals surface area contributed by atoms with Crippen LogP contribution < -0.4 is 4.74 Å². The van der Waals surface area contributed by atoms with E-state index in [1.54, 1.807) is 12.3 Å². The fourth-order valence-electron chi connectivity index (χ4n) is 5.00. The number of ether oxygens (including phenoxy) is 1. The van der Waals surface area contributed by atoms with Crippen molar-refractivity contribution in [3.05, 3.63) is 95.0 Å². The molecule has 37 heavy (non-hydrogen) atoms. The number of carbonyl (C=O) groups is 1. The fraction of sp³-hybridized carbons (Fsp3) is 0.296. The Morgan fingerprint density at radius 3 is 2.70 bits per heavy atom. The van der Waals surface area contributed by atoms with E-state index < -0.39 is 42.0 Å². The number of alkyl halides is 3. The molecule has 1 aliphatic heterocycles. The largest absolute Gasteiger partial charge is 0.481 e. The molecule has 1 atom stereocenters. The van der Waals surface area contributed by atoms with Crippen molar-refractivity contribution in [3.8, 4) is 5.75 Å². The van der Waals surface area contributed by atoms with Crippen molar-refractivity contribution in [2.24, 2.45) is 0 Å². The van der Waals surface area contributed by atoms with E-state index in [4.69, 9.17) is 4.74 Å². The van der Waals surface area contributed by atoms with Gasteiger partial charge in [0.25, 0.3) is 5.91 Å². The van der Waals surface area contributed by atoms with Gasteiger partial charge in [0.15, 0.2) is 18.1 Å². The van der Waals surface area contributed by atoms with Crippen LogP contribution in [0.1, 0.15) is 53.0 Å². The molecule has 3 aromatic heterocycles. The Balaban J connectivity index is 1.37. The summed E-state index contributed by atoms with van der Waals surface area (Å²) < 4.78 is 62.7. The van der Waals surface area contributed by atoms with Gasteiger partial charge in [0.2, 0.25) is 0 Å². The third-order valence-corrected chi connectivity index (χ3v) is 6.88. The maximum Gasteiger partial charge on any atom is 0.437 e. The van der Waals surface area contributed by atoms with E-state index in [2.05, 4.69) is 9.97 Å². The third-order valence-electron chi connectivity index (χ3n) is 6.88. The Morgan fingerprint density at radius 1 is 1.11 bits per heavy atom. The molecule has 0 saturated heterocycles.